The Labute approximate surface area is 89.2 Å². The maximum Gasteiger partial charge on any atom is 0.0684 e. The normalized spacial score (nSPS) is 32.4. The first-order valence-corrected chi connectivity index (χ1v) is 6.44. The molecule has 0 aliphatic carbocycles. The van der Waals surface area contributed by atoms with Gasteiger partial charge in [0.2, 0.25) is 0 Å². The molecule has 1 rings (SSSR count). The molecule has 0 amide bonds. The van der Waals surface area contributed by atoms with Crippen LogP contribution in [0.5, 0.6) is 0 Å². The summed E-state index contributed by atoms with van der Waals surface area (Å²) in [5.41, 5.74) is 0.260. The van der Waals surface area contributed by atoms with Crippen molar-refractivity contribution in [3.8, 4) is 0 Å². The Kier molecular flexibility index (Phi) is 4.94. The summed E-state index contributed by atoms with van der Waals surface area (Å²) in [5.74, 6) is 0. The Morgan fingerprint density at radius 2 is 2.00 bits per heavy atom. The van der Waals surface area contributed by atoms with E-state index >= 15 is 0 Å². The standard InChI is InChI=1S/C13H26O/c1-4-7-10-13(6-3)11-9-12(14-13)8-5-2/h12H,4-11H2,1-3H3. The molecule has 0 N–H and O–H groups in total. The Morgan fingerprint density at radius 3 is 2.57 bits per heavy atom. The first-order valence-electron chi connectivity index (χ1n) is 6.44. The summed E-state index contributed by atoms with van der Waals surface area (Å²) in [6, 6.07) is 0. The molecule has 0 bridgehead atoms. The molecule has 0 aromatic rings. The largest absolute Gasteiger partial charge is 0.372 e. The van der Waals surface area contributed by atoms with E-state index < -0.39 is 0 Å². The van der Waals surface area contributed by atoms with Crippen molar-refractivity contribution < 1.29 is 4.74 Å². The van der Waals surface area contributed by atoms with Gasteiger partial charge in [-0.25, -0.2) is 0 Å². The van der Waals surface area contributed by atoms with Crippen LogP contribution in [0.3, 0.4) is 0 Å². The van der Waals surface area contributed by atoms with Gasteiger partial charge < -0.3 is 4.74 Å². The van der Waals surface area contributed by atoms with Gasteiger partial charge in [-0.1, -0.05) is 40.0 Å². The first-order chi connectivity index (χ1) is 6.76. The fraction of sp³-hybridized carbons (Fsp3) is 1.00. The zero-order valence-electron chi connectivity index (χ0n) is 10.1. The molecule has 0 aromatic heterocycles. The highest BCUT2D eigenvalue weighted by atomic mass is 16.5. The topological polar surface area (TPSA) is 9.23 Å². The molecule has 14 heavy (non-hydrogen) atoms. The number of ether oxygens (including phenoxy) is 1. The zero-order valence-corrected chi connectivity index (χ0v) is 10.1. The number of hydrogen-bond acceptors (Lipinski definition) is 1. The van der Waals surface area contributed by atoms with Gasteiger partial charge in [0.15, 0.2) is 0 Å². The quantitative estimate of drug-likeness (QED) is 0.618. The molecule has 1 saturated heterocycles. The van der Waals surface area contributed by atoms with Crippen molar-refractivity contribution in [3.05, 3.63) is 0 Å². The van der Waals surface area contributed by atoms with E-state index in [1.165, 1.54) is 51.4 Å². The minimum absolute atomic E-state index is 0.260. The van der Waals surface area contributed by atoms with Gasteiger partial charge in [-0.05, 0) is 32.1 Å². The van der Waals surface area contributed by atoms with E-state index in [1.807, 2.05) is 0 Å². The molecule has 1 fully saturated rings. The van der Waals surface area contributed by atoms with Crippen molar-refractivity contribution in [2.24, 2.45) is 0 Å². The van der Waals surface area contributed by atoms with Gasteiger partial charge in [0.25, 0.3) is 0 Å². The molecule has 0 radical (unpaired) electrons. The van der Waals surface area contributed by atoms with E-state index in [9.17, 15) is 0 Å². The second-order valence-corrected chi connectivity index (χ2v) is 4.71. The second-order valence-electron chi connectivity index (χ2n) is 4.71. The van der Waals surface area contributed by atoms with Crippen molar-refractivity contribution >= 4 is 0 Å². The van der Waals surface area contributed by atoms with Crippen molar-refractivity contribution in [2.75, 3.05) is 0 Å². The molecule has 0 saturated carbocycles. The molecule has 1 heterocycles. The SMILES string of the molecule is CCCCC1(CC)CCC(CCC)O1. The lowest BCUT2D eigenvalue weighted by Crippen LogP contribution is -2.28. The first kappa shape index (κ1) is 12.0. The molecule has 0 aromatic carbocycles. The fourth-order valence-corrected chi connectivity index (χ4v) is 2.54. The van der Waals surface area contributed by atoms with Crippen LogP contribution in [0.15, 0.2) is 0 Å². The summed E-state index contributed by atoms with van der Waals surface area (Å²) in [7, 11) is 0. The van der Waals surface area contributed by atoms with Crippen LogP contribution in [0.4, 0.5) is 0 Å². The molecule has 0 spiro atoms. The molecule has 2 unspecified atom stereocenters. The lowest BCUT2D eigenvalue weighted by Gasteiger charge is -2.28. The van der Waals surface area contributed by atoms with Crippen molar-refractivity contribution in [1.29, 1.82) is 0 Å². The molecule has 84 valence electrons. The third-order valence-corrected chi connectivity index (χ3v) is 3.58. The van der Waals surface area contributed by atoms with Gasteiger partial charge in [0, 0.05) is 0 Å². The van der Waals surface area contributed by atoms with E-state index in [4.69, 9.17) is 4.74 Å². The predicted molar refractivity (Wildman–Crippen MR) is 61.6 cm³/mol. The highest BCUT2D eigenvalue weighted by Crippen LogP contribution is 2.38. The summed E-state index contributed by atoms with van der Waals surface area (Å²) < 4.78 is 6.24. The van der Waals surface area contributed by atoms with Crippen LogP contribution in [-0.4, -0.2) is 11.7 Å². The lowest BCUT2D eigenvalue weighted by molar-refractivity contribution is -0.0527. The Bertz CT molecular complexity index is 155. The molecule has 2 atom stereocenters. The smallest absolute Gasteiger partial charge is 0.0684 e. The molecule has 1 aliphatic rings. The molecule has 1 heteroatoms. The van der Waals surface area contributed by atoms with Crippen molar-refractivity contribution in [2.45, 2.75) is 83.8 Å². The monoisotopic (exact) mass is 198 g/mol. The Balaban J connectivity index is 2.39. The molecular formula is C13H26O. The summed E-state index contributed by atoms with van der Waals surface area (Å²) in [6.45, 7) is 6.80. The average Bonchev–Trinajstić information content (AvgIpc) is 2.60. The van der Waals surface area contributed by atoms with Crippen LogP contribution >= 0.6 is 0 Å². The second kappa shape index (κ2) is 5.75. The van der Waals surface area contributed by atoms with Gasteiger partial charge in [-0.2, -0.15) is 0 Å². The maximum absolute atomic E-state index is 6.24. The van der Waals surface area contributed by atoms with Gasteiger partial charge in [0.05, 0.1) is 11.7 Å². The van der Waals surface area contributed by atoms with Crippen LogP contribution in [0.2, 0.25) is 0 Å². The van der Waals surface area contributed by atoms with E-state index in [0.29, 0.717) is 6.10 Å². The van der Waals surface area contributed by atoms with Crippen molar-refractivity contribution in [3.63, 3.8) is 0 Å². The van der Waals surface area contributed by atoms with E-state index in [1.54, 1.807) is 0 Å². The van der Waals surface area contributed by atoms with Crippen LogP contribution in [0.1, 0.15) is 72.1 Å². The Hall–Kier alpha value is -0.0400. The summed E-state index contributed by atoms with van der Waals surface area (Å²) in [6.07, 6.45) is 10.8. The van der Waals surface area contributed by atoms with Crippen molar-refractivity contribution in [1.82, 2.24) is 0 Å². The highest BCUT2D eigenvalue weighted by molar-refractivity contribution is 4.87. The Morgan fingerprint density at radius 1 is 1.21 bits per heavy atom. The third-order valence-electron chi connectivity index (χ3n) is 3.58. The van der Waals surface area contributed by atoms with Gasteiger partial charge in [-0.15, -0.1) is 0 Å². The maximum atomic E-state index is 6.24. The summed E-state index contributed by atoms with van der Waals surface area (Å²) in [5, 5.41) is 0. The van der Waals surface area contributed by atoms with Gasteiger partial charge in [0.1, 0.15) is 0 Å². The van der Waals surface area contributed by atoms with Crippen LogP contribution in [0, 0.1) is 0 Å². The number of unbranched alkanes of at least 4 members (excludes halogenated alkanes) is 1. The molecular weight excluding hydrogens is 172 g/mol. The van der Waals surface area contributed by atoms with Crippen LogP contribution in [0.25, 0.3) is 0 Å². The lowest BCUT2D eigenvalue weighted by atomic mass is 9.90. The van der Waals surface area contributed by atoms with Gasteiger partial charge >= 0.3 is 0 Å². The van der Waals surface area contributed by atoms with Gasteiger partial charge in [-0.3, -0.25) is 0 Å². The van der Waals surface area contributed by atoms with Crippen LogP contribution < -0.4 is 0 Å². The zero-order chi connectivity index (χ0) is 10.4. The molecule has 1 nitrogen and oxygen atoms in total. The minimum atomic E-state index is 0.260. The van der Waals surface area contributed by atoms with E-state index in [2.05, 4.69) is 20.8 Å². The minimum Gasteiger partial charge on any atom is -0.372 e. The summed E-state index contributed by atoms with van der Waals surface area (Å²) >= 11 is 0. The molecule has 1 aliphatic heterocycles. The fourth-order valence-electron chi connectivity index (χ4n) is 2.54. The third kappa shape index (κ3) is 2.98. The summed E-state index contributed by atoms with van der Waals surface area (Å²) in [4.78, 5) is 0. The highest BCUT2D eigenvalue weighted by Gasteiger charge is 2.37. The van der Waals surface area contributed by atoms with E-state index in [0.717, 1.165) is 0 Å². The number of hydrogen-bond donors (Lipinski definition) is 0. The predicted octanol–water partition coefficient (Wildman–Crippen LogP) is 4.30. The average molecular weight is 198 g/mol. The number of rotatable bonds is 6. The van der Waals surface area contributed by atoms with Crippen LogP contribution in [-0.2, 0) is 4.74 Å². The van der Waals surface area contributed by atoms with E-state index in [-0.39, 0.29) is 5.60 Å².